The quantitative estimate of drug-likeness (QED) is 0.557. The van der Waals surface area contributed by atoms with Crippen LogP contribution in [-0.2, 0) is 11.4 Å². The van der Waals surface area contributed by atoms with Crippen LogP contribution in [0, 0.1) is 0 Å². The molecule has 70 valence electrons. The summed E-state index contributed by atoms with van der Waals surface area (Å²) in [6.45, 7) is -0.350. The van der Waals surface area contributed by atoms with Gasteiger partial charge in [0.25, 0.3) is 0 Å². The second-order valence-electron chi connectivity index (χ2n) is 2.38. The van der Waals surface area contributed by atoms with E-state index in [0.29, 0.717) is 0 Å². The lowest BCUT2D eigenvalue weighted by atomic mass is 10.1. The summed E-state index contributed by atoms with van der Waals surface area (Å²) in [4.78, 5) is 14.8. The van der Waals surface area contributed by atoms with Gasteiger partial charge in [0, 0.05) is 5.56 Å². The molecule has 1 rings (SSSR count). The highest BCUT2D eigenvalue weighted by molar-refractivity contribution is 5.92. The lowest BCUT2D eigenvalue weighted by molar-refractivity contribution is 0.0499. The van der Waals surface area contributed by atoms with Gasteiger partial charge in [-0.2, -0.15) is 5.90 Å². The van der Waals surface area contributed by atoms with Crippen LogP contribution in [0.4, 0.5) is 0 Å². The van der Waals surface area contributed by atoms with E-state index in [2.05, 4.69) is 10.7 Å². The first-order chi connectivity index (χ1) is 6.20. The molecule has 0 spiro atoms. The maximum atomic E-state index is 10.9. The lowest BCUT2D eigenvalue weighted by Crippen LogP contribution is -2.10. The van der Waals surface area contributed by atoms with Crippen molar-refractivity contribution in [3.05, 3.63) is 29.3 Å². The van der Waals surface area contributed by atoms with Gasteiger partial charge >= 0.3 is 5.97 Å². The lowest BCUT2D eigenvalue weighted by Gasteiger charge is -2.04. The average Bonchev–Trinajstić information content (AvgIpc) is 2.17. The van der Waals surface area contributed by atoms with E-state index in [9.17, 15) is 9.90 Å². The summed E-state index contributed by atoms with van der Waals surface area (Å²) in [5.41, 5.74) is 0.192. The Labute approximate surface area is 74.3 Å². The summed E-state index contributed by atoms with van der Waals surface area (Å²) in [5, 5.41) is 18.1. The van der Waals surface area contributed by atoms with Crippen LogP contribution < -0.4 is 5.90 Å². The van der Waals surface area contributed by atoms with Crippen molar-refractivity contribution in [2.75, 3.05) is 0 Å². The molecule has 0 bridgehead atoms. The minimum Gasteiger partial charge on any atom is -0.507 e. The average molecular weight is 183 g/mol. The number of rotatable bonds is 2. The van der Waals surface area contributed by atoms with Gasteiger partial charge < -0.3 is 15.1 Å². The van der Waals surface area contributed by atoms with Crippen molar-refractivity contribution in [2.24, 2.45) is 5.90 Å². The summed E-state index contributed by atoms with van der Waals surface area (Å²) in [6, 6.07) is 4.35. The number of para-hydroxylation sites is 1. The molecule has 0 atom stereocenters. The van der Waals surface area contributed by atoms with Crippen molar-refractivity contribution in [3.8, 4) is 5.75 Å². The second-order valence-corrected chi connectivity index (χ2v) is 2.38. The first-order valence-electron chi connectivity index (χ1n) is 3.53. The van der Waals surface area contributed by atoms with Crippen molar-refractivity contribution in [2.45, 2.75) is 6.61 Å². The van der Waals surface area contributed by atoms with Crippen LogP contribution in [0.25, 0.3) is 0 Å². The van der Waals surface area contributed by atoms with Gasteiger partial charge in [-0.25, -0.2) is 4.79 Å². The zero-order valence-corrected chi connectivity index (χ0v) is 6.73. The van der Waals surface area contributed by atoms with Crippen LogP contribution in [0.1, 0.15) is 15.9 Å². The van der Waals surface area contributed by atoms with Crippen LogP contribution in [0.15, 0.2) is 18.2 Å². The minimum absolute atomic E-state index is 0.0611. The Bertz CT molecular complexity index is 324. The van der Waals surface area contributed by atoms with E-state index in [1.165, 1.54) is 18.2 Å². The third-order valence-corrected chi connectivity index (χ3v) is 1.62. The zero-order valence-electron chi connectivity index (χ0n) is 6.73. The van der Waals surface area contributed by atoms with Crippen molar-refractivity contribution in [1.29, 1.82) is 0 Å². The number of aliphatic hydroxyl groups is 1. The third-order valence-electron chi connectivity index (χ3n) is 1.62. The van der Waals surface area contributed by atoms with Crippen molar-refractivity contribution >= 4 is 5.97 Å². The molecule has 0 fully saturated rings. The van der Waals surface area contributed by atoms with Gasteiger partial charge in [0.05, 0.1) is 6.61 Å². The molecule has 0 aliphatic carbocycles. The van der Waals surface area contributed by atoms with Crippen LogP contribution in [-0.4, -0.2) is 16.2 Å². The maximum Gasteiger partial charge on any atom is 0.360 e. The molecule has 0 saturated carbocycles. The zero-order chi connectivity index (χ0) is 9.84. The summed E-state index contributed by atoms with van der Waals surface area (Å²) in [5.74, 6) is 3.50. The van der Waals surface area contributed by atoms with E-state index in [1.807, 2.05) is 0 Å². The van der Waals surface area contributed by atoms with Gasteiger partial charge in [0.15, 0.2) is 0 Å². The predicted octanol–water partition coefficient (Wildman–Crippen LogP) is -0.0850. The smallest absolute Gasteiger partial charge is 0.360 e. The molecule has 0 amide bonds. The maximum absolute atomic E-state index is 10.9. The fourth-order valence-corrected chi connectivity index (χ4v) is 0.947. The molecule has 0 heterocycles. The van der Waals surface area contributed by atoms with Gasteiger partial charge in [0.2, 0.25) is 0 Å². The molecule has 0 saturated heterocycles. The van der Waals surface area contributed by atoms with Gasteiger partial charge in [-0.1, -0.05) is 12.1 Å². The van der Waals surface area contributed by atoms with E-state index in [4.69, 9.17) is 5.11 Å². The summed E-state index contributed by atoms with van der Waals surface area (Å²) < 4.78 is 0. The predicted molar refractivity (Wildman–Crippen MR) is 43.6 cm³/mol. The van der Waals surface area contributed by atoms with Crippen LogP contribution >= 0.6 is 0 Å². The number of benzene rings is 1. The number of carbonyl (C=O) groups excluding carboxylic acids is 1. The van der Waals surface area contributed by atoms with E-state index < -0.39 is 5.97 Å². The van der Waals surface area contributed by atoms with E-state index in [-0.39, 0.29) is 23.5 Å². The van der Waals surface area contributed by atoms with Crippen molar-refractivity contribution < 1.29 is 19.8 Å². The molecule has 0 aromatic heterocycles. The molecule has 5 nitrogen and oxygen atoms in total. The summed E-state index contributed by atoms with van der Waals surface area (Å²) in [7, 11) is 0. The Kier molecular flexibility index (Phi) is 2.84. The minimum atomic E-state index is -0.840. The molecular weight excluding hydrogens is 174 g/mol. The van der Waals surface area contributed by atoms with Crippen molar-refractivity contribution in [3.63, 3.8) is 0 Å². The molecular formula is C8H9NO4. The molecule has 1 aromatic carbocycles. The monoisotopic (exact) mass is 183 g/mol. The van der Waals surface area contributed by atoms with Crippen LogP contribution in [0.5, 0.6) is 5.75 Å². The Balaban J connectivity index is 3.15. The number of hydrogen-bond donors (Lipinski definition) is 3. The molecule has 5 heteroatoms. The number of aromatic hydroxyl groups is 1. The molecule has 0 unspecified atom stereocenters. The summed E-state index contributed by atoms with van der Waals surface area (Å²) >= 11 is 0. The Morgan fingerprint density at radius 1 is 1.54 bits per heavy atom. The van der Waals surface area contributed by atoms with E-state index in [1.54, 1.807) is 0 Å². The Hall–Kier alpha value is -1.59. The first kappa shape index (κ1) is 9.50. The first-order valence-corrected chi connectivity index (χ1v) is 3.53. The van der Waals surface area contributed by atoms with E-state index >= 15 is 0 Å². The number of phenols is 1. The van der Waals surface area contributed by atoms with Gasteiger partial charge in [-0.3, -0.25) is 0 Å². The number of hydrogen-bond acceptors (Lipinski definition) is 5. The third kappa shape index (κ3) is 1.77. The van der Waals surface area contributed by atoms with Gasteiger partial charge in [-0.05, 0) is 6.07 Å². The number of aliphatic hydroxyl groups excluding tert-OH is 1. The second kappa shape index (κ2) is 3.88. The molecule has 13 heavy (non-hydrogen) atoms. The molecule has 0 radical (unpaired) electrons. The topological polar surface area (TPSA) is 92.8 Å². The molecule has 0 aliphatic heterocycles. The normalized spacial score (nSPS) is 9.69. The number of carbonyl (C=O) groups is 1. The highest BCUT2D eigenvalue weighted by Crippen LogP contribution is 2.22. The summed E-state index contributed by atoms with van der Waals surface area (Å²) in [6.07, 6.45) is 0. The van der Waals surface area contributed by atoms with E-state index in [0.717, 1.165) is 0 Å². The highest BCUT2D eigenvalue weighted by Gasteiger charge is 2.13. The molecule has 0 aliphatic rings. The molecule has 1 aromatic rings. The van der Waals surface area contributed by atoms with Gasteiger partial charge in [0.1, 0.15) is 11.3 Å². The standard InChI is InChI=1S/C8H9NO4/c9-13-8(12)6-3-1-2-5(4-10)7(6)11/h1-3,10-11H,4,9H2. The van der Waals surface area contributed by atoms with Crippen LogP contribution in [0.3, 0.4) is 0 Å². The highest BCUT2D eigenvalue weighted by atomic mass is 16.7. The fourth-order valence-electron chi connectivity index (χ4n) is 0.947. The Morgan fingerprint density at radius 2 is 2.23 bits per heavy atom. The Morgan fingerprint density at radius 3 is 2.77 bits per heavy atom. The SMILES string of the molecule is NOC(=O)c1cccc(CO)c1O. The molecule has 4 N–H and O–H groups in total. The van der Waals surface area contributed by atoms with Crippen molar-refractivity contribution in [1.82, 2.24) is 0 Å². The van der Waals surface area contributed by atoms with Crippen LogP contribution in [0.2, 0.25) is 0 Å². The number of nitrogens with two attached hydrogens (primary N) is 1. The van der Waals surface area contributed by atoms with Gasteiger partial charge in [-0.15, -0.1) is 0 Å². The largest absolute Gasteiger partial charge is 0.507 e. The fraction of sp³-hybridized carbons (Fsp3) is 0.125.